The molecular formula is C19H20ClFN2O3. The minimum atomic E-state index is -1.45. The van der Waals surface area contributed by atoms with Gasteiger partial charge in [-0.1, -0.05) is 23.7 Å². The third-order valence-electron chi connectivity index (χ3n) is 4.25. The molecule has 0 saturated heterocycles. The van der Waals surface area contributed by atoms with Gasteiger partial charge in [0.15, 0.2) is 0 Å². The van der Waals surface area contributed by atoms with Gasteiger partial charge >= 0.3 is 0 Å². The SMILES string of the molecule is COCc1cccc(OC(C)F)c1Cn1c2cc(Cl)ccc2c(=O)n1C. The summed E-state index contributed by atoms with van der Waals surface area (Å²) in [6.07, 6.45) is -1.45. The summed E-state index contributed by atoms with van der Waals surface area (Å²) in [6, 6.07) is 10.5. The molecule has 1 atom stereocenters. The molecule has 0 N–H and O–H groups in total. The van der Waals surface area contributed by atoms with Crippen molar-refractivity contribution in [2.45, 2.75) is 26.4 Å². The molecule has 0 aliphatic heterocycles. The Bertz CT molecular complexity index is 994. The van der Waals surface area contributed by atoms with Crippen LogP contribution >= 0.6 is 11.6 Å². The highest BCUT2D eigenvalue weighted by Gasteiger charge is 2.17. The van der Waals surface area contributed by atoms with Gasteiger partial charge in [-0.25, -0.2) is 4.39 Å². The van der Waals surface area contributed by atoms with Crippen LogP contribution in [0.3, 0.4) is 0 Å². The van der Waals surface area contributed by atoms with Crippen LogP contribution in [0, 0.1) is 0 Å². The van der Waals surface area contributed by atoms with E-state index in [-0.39, 0.29) is 5.56 Å². The highest BCUT2D eigenvalue weighted by molar-refractivity contribution is 6.31. The first-order chi connectivity index (χ1) is 12.4. The Morgan fingerprint density at radius 3 is 2.73 bits per heavy atom. The lowest BCUT2D eigenvalue weighted by molar-refractivity contribution is 0.0842. The number of benzene rings is 2. The average Bonchev–Trinajstić information content (AvgIpc) is 2.81. The van der Waals surface area contributed by atoms with Crippen molar-refractivity contribution in [1.29, 1.82) is 0 Å². The standard InChI is InChI=1S/C19H20ClFN2O3/c1-12(21)26-18-6-4-5-13(11-25-3)16(18)10-23-17-9-14(20)7-8-15(17)19(24)22(23)2/h4-9,12H,10-11H2,1-3H3. The van der Waals surface area contributed by atoms with E-state index in [1.54, 1.807) is 49.2 Å². The quantitative estimate of drug-likeness (QED) is 0.653. The summed E-state index contributed by atoms with van der Waals surface area (Å²) in [5, 5.41) is 1.11. The van der Waals surface area contributed by atoms with Crippen LogP contribution in [0.5, 0.6) is 5.75 Å². The van der Waals surface area contributed by atoms with E-state index in [1.165, 1.54) is 11.6 Å². The van der Waals surface area contributed by atoms with Gasteiger partial charge in [-0.15, -0.1) is 0 Å². The normalized spacial score (nSPS) is 12.5. The van der Waals surface area contributed by atoms with Crippen molar-refractivity contribution in [3.8, 4) is 5.75 Å². The molecule has 7 heteroatoms. The average molecular weight is 379 g/mol. The summed E-state index contributed by atoms with van der Waals surface area (Å²) in [4.78, 5) is 12.5. The summed E-state index contributed by atoms with van der Waals surface area (Å²) in [5.41, 5.74) is 2.20. The van der Waals surface area contributed by atoms with Crippen molar-refractivity contribution >= 4 is 22.5 Å². The third kappa shape index (κ3) is 3.48. The van der Waals surface area contributed by atoms with Gasteiger partial charge in [-0.2, -0.15) is 0 Å². The molecule has 1 heterocycles. The van der Waals surface area contributed by atoms with Gasteiger partial charge in [0.05, 0.1) is 24.1 Å². The maximum atomic E-state index is 13.5. The maximum Gasteiger partial charge on any atom is 0.274 e. The van der Waals surface area contributed by atoms with Crippen molar-refractivity contribution in [3.05, 3.63) is 62.9 Å². The van der Waals surface area contributed by atoms with E-state index >= 15 is 0 Å². The molecule has 26 heavy (non-hydrogen) atoms. The minimum Gasteiger partial charge on any atom is -0.460 e. The second kappa shape index (κ2) is 7.51. The molecule has 2 aromatic carbocycles. The van der Waals surface area contributed by atoms with Gasteiger partial charge in [0.1, 0.15) is 5.75 Å². The zero-order valence-corrected chi connectivity index (χ0v) is 15.6. The van der Waals surface area contributed by atoms with Crippen molar-refractivity contribution in [2.75, 3.05) is 7.11 Å². The van der Waals surface area contributed by atoms with Gasteiger partial charge < -0.3 is 9.47 Å². The number of rotatable bonds is 6. The predicted octanol–water partition coefficient (Wildman–Crippen LogP) is 3.88. The fourth-order valence-electron chi connectivity index (χ4n) is 3.05. The van der Waals surface area contributed by atoms with Crippen LogP contribution in [0.1, 0.15) is 18.1 Å². The first kappa shape index (κ1) is 18.5. The van der Waals surface area contributed by atoms with E-state index in [2.05, 4.69) is 0 Å². The topological polar surface area (TPSA) is 45.4 Å². The summed E-state index contributed by atoms with van der Waals surface area (Å²) >= 11 is 6.12. The maximum absolute atomic E-state index is 13.5. The summed E-state index contributed by atoms with van der Waals surface area (Å²) in [6.45, 7) is 1.99. The van der Waals surface area contributed by atoms with E-state index in [0.717, 1.165) is 11.1 Å². The number of methoxy groups -OCH3 is 1. The molecule has 0 saturated carbocycles. The Labute approximate surface area is 155 Å². The molecule has 0 radical (unpaired) electrons. The van der Waals surface area contributed by atoms with Crippen LogP contribution in [0.2, 0.25) is 5.02 Å². The lowest BCUT2D eigenvalue weighted by Crippen LogP contribution is -2.21. The highest BCUT2D eigenvalue weighted by atomic mass is 35.5. The summed E-state index contributed by atoms with van der Waals surface area (Å²) < 4.78 is 27.4. The number of nitrogens with zero attached hydrogens (tertiary/aromatic N) is 2. The Morgan fingerprint density at radius 1 is 1.27 bits per heavy atom. The molecule has 0 amide bonds. The molecule has 0 aliphatic rings. The van der Waals surface area contributed by atoms with E-state index < -0.39 is 6.36 Å². The second-order valence-electron chi connectivity index (χ2n) is 6.04. The van der Waals surface area contributed by atoms with E-state index in [0.29, 0.717) is 34.8 Å². The first-order valence-electron chi connectivity index (χ1n) is 8.18. The molecule has 0 spiro atoms. The number of halogens is 2. The largest absolute Gasteiger partial charge is 0.460 e. The van der Waals surface area contributed by atoms with Crippen molar-refractivity contribution < 1.29 is 13.9 Å². The fourth-order valence-corrected chi connectivity index (χ4v) is 3.22. The Hall–Kier alpha value is -2.31. The molecule has 1 aromatic heterocycles. The van der Waals surface area contributed by atoms with Gasteiger partial charge in [-0.05, 0) is 29.8 Å². The van der Waals surface area contributed by atoms with E-state index in [4.69, 9.17) is 21.1 Å². The van der Waals surface area contributed by atoms with E-state index in [9.17, 15) is 9.18 Å². The lowest BCUT2D eigenvalue weighted by Gasteiger charge is -2.18. The predicted molar refractivity (Wildman–Crippen MR) is 99.6 cm³/mol. The Kier molecular flexibility index (Phi) is 5.34. The molecule has 5 nitrogen and oxygen atoms in total. The highest BCUT2D eigenvalue weighted by Crippen LogP contribution is 2.27. The first-order valence-corrected chi connectivity index (χ1v) is 8.55. The molecule has 1 unspecified atom stereocenters. The van der Waals surface area contributed by atoms with Crippen LogP contribution in [0.4, 0.5) is 4.39 Å². The second-order valence-corrected chi connectivity index (χ2v) is 6.47. The molecule has 138 valence electrons. The van der Waals surface area contributed by atoms with Crippen molar-refractivity contribution in [3.63, 3.8) is 0 Å². The number of ether oxygens (including phenoxy) is 2. The number of hydrogen-bond acceptors (Lipinski definition) is 3. The van der Waals surface area contributed by atoms with Crippen LogP contribution in [0.15, 0.2) is 41.2 Å². The number of aromatic nitrogens is 2. The smallest absolute Gasteiger partial charge is 0.274 e. The number of alkyl halides is 1. The van der Waals surface area contributed by atoms with Gasteiger partial charge in [-0.3, -0.25) is 14.2 Å². The third-order valence-corrected chi connectivity index (χ3v) is 4.49. The molecule has 3 aromatic rings. The van der Waals surface area contributed by atoms with Gasteiger partial charge in [0.25, 0.3) is 5.56 Å². The molecule has 0 aliphatic carbocycles. The monoisotopic (exact) mass is 378 g/mol. The van der Waals surface area contributed by atoms with Crippen LogP contribution in [-0.4, -0.2) is 22.8 Å². The summed E-state index contributed by atoms with van der Waals surface area (Å²) in [5.74, 6) is 0.422. The molecule has 0 bridgehead atoms. The van der Waals surface area contributed by atoms with Crippen LogP contribution in [-0.2, 0) is 24.9 Å². The zero-order chi connectivity index (χ0) is 18.8. The Morgan fingerprint density at radius 2 is 2.04 bits per heavy atom. The number of fused-ring (bicyclic) bond motifs is 1. The minimum absolute atomic E-state index is 0.123. The van der Waals surface area contributed by atoms with Gasteiger partial charge in [0.2, 0.25) is 6.36 Å². The van der Waals surface area contributed by atoms with Crippen LogP contribution in [0.25, 0.3) is 10.9 Å². The van der Waals surface area contributed by atoms with Crippen molar-refractivity contribution in [2.24, 2.45) is 7.05 Å². The van der Waals surface area contributed by atoms with Crippen LogP contribution < -0.4 is 10.3 Å². The Balaban J connectivity index is 2.17. The molecular weight excluding hydrogens is 359 g/mol. The van der Waals surface area contributed by atoms with Crippen molar-refractivity contribution in [1.82, 2.24) is 9.36 Å². The molecule has 0 fully saturated rings. The van der Waals surface area contributed by atoms with Gasteiger partial charge in [0, 0.05) is 31.7 Å². The fraction of sp³-hybridized carbons (Fsp3) is 0.316. The van der Waals surface area contributed by atoms with E-state index in [1.807, 2.05) is 6.07 Å². The lowest BCUT2D eigenvalue weighted by atomic mass is 10.1. The summed E-state index contributed by atoms with van der Waals surface area (Å²) in [7, 11) is 3.28. The molecule has 3 rings (SSSR count). The number of hydrogen-bond donors (Lipinski definition) is 0. The zero-order valence-electron chi connectivity index (χ0n) is 14.8.